The third kappa shape index (κ3) is 2.45. The lowest BCUT2D eigenvalue weighted by atomic mass is 9.88. The van der Waals surface area contributed by atoms with Gasteiger partial charge in [0.25, 0.3) is 0 Å². The molecule has 1 aliphatic heterocycles. The minimum absolute atomic E-state index is 0.627. The van der Waals surface area contributed by atoms with Crippen LogP contribution in [0.2, 0.25) is 0 Å². The van der Waals surface area contributed by atoms with Gasteiger partial charge < -0.3 is 9.67 Å². The largest absolute Gasteiger partial charge is 0.384 e. The summed E-state index contributed by atoms with van der Waals surface area (Å²) in [5, 5.41) is 10.4. The topological polar surface area (TPSA) is 38.1 Å². The van der Waals surface area contributed by atoms with Crippen molar-refractivity contribution in [3.63, 3.8) is 0 Å². The summed E-state index contributed by atoms with van der Waals surface area (Å²) in [7, 11) is 0. The van der Waals surface area contributed by atoms with Gasteiger partial charge in [-0.05, 0) is 46.0 Å². The molecule has 0 spiro atoms. The number of nitrogens with zero attached hydrogens (tertiary/aromatic N) is 2. The second kappa shape index (κ2) is 4.93. The predicted octanol–water partition coefficient (Wildman–Crippen LogP) is 3.49. The molecule has 1 saturated carbocycles. The smallest absolute Gasteiger partial charge is 0.112 e. The highest BCUT2D eigenvalue weighted by Gasteiger charge is 2.31. The van der Waals surface area contributed by atoms with Crippen LogP contribution in [0.25, 0.3) is 0 Å². The first-order valence-corrected chi connectivity index (χ1v) is 7.89. The monoisotopic (exact) mass is 262 g/mol. The average Bonchev–Trinajstić information content (AvgIpc) is 2.79. The molecule has 0 unspecified atom stereocenters. The first-order valence-electron chi connectivity index (χ1n) is 7.89. The maximum atomic E-state index is 10.4. The van der Waals surface area contributed by atoms with Gasteiger partial charge in [0, 0.05) is 18.2 Å². The molecule has 19 heavy (non-hydrogen) atoms. The standard InChI is InChI=1S/C16H26N2O/c1-16(2,19)14-13-10-6-7-11-18(13)15(17-14)12-8-4-3-5-9-12/h12,19H,3-11H2,1-2H3. The molecular formula is C16H26N2O. The van der Waals surface area contributed by atoms with Gasteiger partial charge in [-0.1, -0.05) is 19.3 Å². The summed E-state index contributed by atoms with van der Waals surface area (Å²) in [6.45, 7) is 4.84. The second-order valence-electron chi connectivity index (χ2n) is 6.77. The number of imidazole rings is 1. The van der Waals surface area contributed by atoms with E-state index in [0.29, 0.717) is 5.92 Å². The summed E-state index contributed by atoms with van der Waals surface area (Å²) in [5.41, 5.74) is 1.44. The normalized spacial score (nSPS) is 21.4. The van der Waals surface area contributed by atoms with E-state index in [1.54, 1.807) is 0 Å². The van der Waals surface area contributed by atoms with E-state index in [1.165, 1.54) is 56.5 Å². The SMILES string of the molecule is CC(C)(O)c1nc(C2CCCCC2)n2c1CCCC2. The van der Waals surface area contributed by atoms with E-state index >= 15 is 0 Å². The van der Waals surface area contributed by atoms with Crippen molar-refractivity contribution < 1.29 is 5.11 Å². The van der Waals surface area contributed by atoms with E-state index in [1.807, 2.05) is 13.8 Å². The Morgan fingerprint density at radius 2 is 1.84 bits per heavy atom. The molecule has 1 aromatic rings. The van der Waals surface area contributed by atoms with Crippen LogP contribution in [0.15, 0.2) is 0 Å². The molecule has 0 aromatic carbocycles. The van der Waals surface area contributed by atoms with Gasteiger partial charge in [0.15, 0.2) is 0 Å². The fourth-order valence-electron chi connectivity index (χ4n) is 3.73. The Balaban J connectivity index is 2.01. The van der Waals surface area contributed by atoms with Crippen LogP contribution < -0.4 is 0 Å². The number of rotatable bonds is 2. The Labute approximate surface area is 116 Å². The lowest BCUT2D eigenvalue weighted by Crippen LogP contribution is -2.21. The first-order chi connectivity index (χ1) is 9.07. The van der Waals surface area contributed by atoms with Crippen LogP contribution in [0.4, 0.5) is 0 Å². The summed E-state index contributed by atoms with van der Waals surface area (Å²) in [6.07, 6.45) is 10.2. The molecule has 2 heterocycles. The van der Waals surface area contributed by atoms with E-state index in [4.69, 9.17) is 4.98 Å². The fraction of sp³-hybridized carbons (Fsp3) is 0.812. The maximum absolute atomic E-state index is 10.4. The van der Waals surface area contributed by atoms with Crippen molar-refractivity contribution >= 4 is 0 Å². The van der Waals surface area contributed by atoms with E-state index < -0.39 is 5.60 Å². The molecule has 1 N–H and O–H groups in total. The van der Waals surface area contributed by atoms with Gasteiger partial charge in [-0.3, -0.25) is 0 Å². The molecule has 2 aliphatic rings. The molecule has 0 saturated heterocycles. The number of hydrogen-bond donors (Lipinski definition) is 1. The highest BCUT2D eigenvalue weighted by molar-refractivity contribution is 5.25. The van der Waals surface area contributed by atoms with Crippen molar-refractivity contribution in [2.45, 2.75) is 83.3 Å². The molecule has 0 radical (unpaired) electrons. The lowest BCUT2D eigenvalue weighted by Gasteiger charge is -2.24. The van der Waals surface area contributed by atoms with Crippen LogP contribution in [-0.4, -0.2) is 14.7 Å². The summed E-state index contributed by atoms with van der Waals surface area (Å²) in [5.74, 6) is 1.90. The lowest BCUT2D eigenvalue weighted by molar-refractivity contribution is 0.0727. The quantitative estimate of drug-likeness (QED) is 0.886. The molecule has 0 amide bonds. The summed E-state index contributed by atoms with van der Waals surface area (Å²) < 4.78 is 2.44. The highest BCUT2D eigenvalue weighted by atomic mass is 16.3. The minimum atomic E-state index is -0.804. The minimum Gasteiger partial charge on any atom is -0.384 e. The first kappa shape index (κ1) is 13.2. The zero-order valence-corrected chi connectivity index (χ0v) is 12.3. The van der Waals surface area contributed by atoms with Crippen molar-refractivity contribution in [2.24, 2.45) is 0 Å². The average molecular weight is 262 g/mol. The zero-order chi connectivity index (χ0) is 13.5. The van der Waals surface area contributed by atoms with Crippen LogP contribution in [0.1, 0.15) is 81.9 Å². The third-order valence-corrected chi connectivity index (χ3v) is 4.70. The van der Waals surface area contributed by atoms with E-state index in [0.717, 1.165) is 18.7 Å². The van der Waals surface area contributed by atoms with Gasteiger partial charge in [-0.2, -0.15) is 0 Å². The summed E-state index contributed by atoms with van der Waals surface area (Å²) >= 11 is 0. The van der Waals surface area contributed by atoms with Crippen LogP contribution in [0, 0.1) is 0 Å². The van der Waals surface area contributed by atoms with Gasteiger partial charge in [0.05, 0.1) is 5.69 Å². The molecule has 3 rings (SSSR count). The van der Waals surface area contributed by atoms with Crippen LogP contribution >= 0.6 is 0 Å². The maximum Gasteiger partial charge on any atom is 0.112 e. The summed E-state index contributed by atoms with van der Waals surface area (Å²) in [6, 6.07) is 0. The van der Waals surface area contributed by atoms with E-state index in [2.05, 4.69) is 4.57 Å². The molecule has 1 fully saturated rings. The van der Waals surface area contributed by atoms with Crippen molar-refractivity contribution in [1.29, 1.82) is 0 Å². The van der Waals surface area contributed by atoms with Crippen LogP contribution in [0.5, 0.6) is 0 Å². The molecule has 0 atom stereocenters. The molecule has 3 nitrogen and oxygen atoms in total. The number of aliphatic hydroxyl groups is 1. The molecule has 3 heteroatoms. The predicted molar refractivity (Wildman–Crippen MR) is 76.2 cm³/mol. The van der Waals surface area contributed by atoms with Crippen molar-refractivity contribution in [1.82, 2.24) is 9.55 Å². The fourth-order valence-corrected chi connectivity index (χ4v) is 3.73. The van der Waals surface area contributed by atoms with Gasteiger partial charge in [0.2, 0.25) is 0 Å². The molecule has 106 valence electrons. The Kier molecular flexibility index (Phi) is 3.42. The van der Waals surface area contributed by atoms with Crippen molar-refractivity contribution in [3.8, 4) is 0 Å². The van der Waals surface area contributed by atoms with Gasteiger partial charge in [0.1, 0.15) is 11.4 Å². The second-order valence-corrected chi connectivity index (χ2v) is 6.77. The van der Waals surface area contributed by atoms with Gasteiger partial charge in [-0.25, -0.2) is 4.98 Å². The number of hydrogen-bond acceptors (Lipinski definition) is 2. The Hall–Kier alpha value is -0.830. The third-order valence-electron chi connectivity index (χ3n) is 4.70. The highest BCUT2D eigenvalue weighted by Crippen LogP contribution is 2.37. The summed E-state index contributed by atoms with van der Waals surface area (Å²) in [4.78, 5) is 4.90. The van der Waals surface area contributed by atoms with Gasteiger partial charge >= 0.3 is 0 Å². The zero-order valence-electron chi connectivity index (χ0n) is 12.3. The van der Waals surface area contributed by atoms with E-state index in [9.17, 15) is 5.11 Å². The molecule has 0 bridgehead atoms. The van der Waals surface area contributed by atoms with Crippen LogP contribution in [-0.2, 0) is 18.6 Å². The Morgan fingerprint density at radius 1 is 1.11 bits per heavy atom. The number of aromatic nitrogens is 2. The van der Waals surface area contributed by atoms with Crippen molar-refractivity contribution in [3.05, 3.63) is 17.2 Å². The Morgan fingerprint density at radius 3 is 2.53 bits per heavy atom. The van der Waals surface area contributed by atoms with Crippen molar-refractivity contribution in [2.75, 3.05) is 0 Å². The van der Waals surface area contributed by atoms with E-state index in [-0.39, 0.29) is 0 Å². The van der Waals surface area contributed by atoms with Gasteiger partial charge in [-0.15, -0.1) is 0 Å². The molecular weight excluding hydrogens is 236 g/mol. The Bertz CT molecular complexity index is 450. The molecule has 1 aromatic heterocycles. The molecule has 1 aliphatic carbocycles. The van der Waals surface area contributed by atoms with Crippen LogP contribution in [0.3, 0.4) is 0 Å². The number of fused-ring (bicyclic) bond motifs is 1.